The summed E-state index contributed by atoms with van der Waals surface area (Å²) in [5, 5.41) is 2.92. The summed E-state index contributed by atoms with van der Waals surface area (Å²) >= 11 is 0. The van der Waals surface area contributed by atoms with Gasteiger partial charge in [0.25, 0.3) is 0 Å². The van der Waals surface area contributed by atoms with Gasteiger partial charge in [0, 0.05) is 25.2 Å². The lowest BCUT2D eigenvalue weighted by Crippen LogP contribution is -2.35. The molecule has 1 atom stereocenters. The van der Waals surface area contributed by atoms with Gasteiger partial charge in [0.2, 0.25) is 11.8 Å². The van der Waals surface area contributed by atoms with E-state index in [2.05, 4.69) is 26.1 Å². The fourth-order valence-corrected chi connectivity index (χ4v) is 2.49. The lowest BCUT2D eigenvalue weighted by atomic mass is 10.1. The van der Waals surface area contributed by atoms with Crippen molar-refractivity contribution >= 4 is 17.5 Å². The summed E-state index contributed by atoms with van der Waals surface area (Å²) in [5.74, 6) is 0.208. The van der Waals surface area contributed by atoms with Crippen LogP contribution in [0, 0.1) is 11.8 Å². The predicted octanol–water partition coefficient (Wildman–Crippen LogP) is 2.37. The SMILES string of the molecule is CCc1ccc(N2C[C@H](C(=O)NCC(C)C)CC2=O)cc1. The number of aryl methyl sites for hydroxylation is 1. The van der Waals surface area contributed by atoms with Gasteiger partial charge in [-0.25, -0.2) is 0 Å². The average molecular weight is 288 g/mol. The third-order valence-corrected chi connectivity index (χ3v) is 3.84. The van der Waals surface area contributed by atoms with Gasteiger partial charge in [0.1, 0.15) is 0 Å². The highest BCUT2D eigenvalue weighted by Gasteiger charge is 2.34. The van der Waals surface area contributed by atoms with E-state index in [1.165, 1.54) is 5.56 Å². The highest BCUT2D eigenvalue weighted by atomic mass is 16.2. The number of hydrogen-bond donors (Lipinski definition) is 1. The van der Waals surface area contributed by atoms with Gasteiger partial charge in [-0.05, 0) is 30.0 Å². The zero-order chi connectivity index (χ0) is 15.4. The zero-order valence-electron chi connectivity index (χ0n) is 13.1. The normalized spacial score (nSPS) is 18.4. The zero-order valence-corrected chi connectivity index (χ0v) is 13.1. The van der Waals surface area contributed by atoms with E-state index in [4.69, 9.17) is 0 Å². The second-order valence-corrected chi connectivity index (χ2v) is 6.06. The lowest BCUT2D eigenvalue weighted by Gasteiger charge is -2.17. The van der Waals surface area contributed by atoms with E-state index in [0.717, 1.165) is 12.1 Å². The molecule has 0 aliphatic carbocycles. The number of benzene rings is 1. The van der Waals surface area contributed by atoms with Crippen molar-refractivity contribution in [3.63, 3.8) is 0 Å². The van der Waals surface area contributed by atoms with Gasteiger partial charge in [-0.2, -0.15) is 0 Å². The average Bonchev–Trinajstić information content (AvgIpc) is 2.87. The Labute approximate surface area is 126 Å². The van der Waals surface area contributed by atoms with Crippen molar-refractivity contribution < 1.29 is 9.59 Å². The standard InChI is InChI=1S/C17H24N2O2/c1-4-13-5-7-15(8-6-13)19-11-14(9-16(19)20)17(21)18-10-12(2)3/h5-8,12,14H,4,9-11H2,1-3H3,(H,18,21)/t14-/m1/s1. The molecule has 1 aromatic carbocycles. The van der Waals surface area contributed by atoms with Crippen molar-refractivity contribution in [1.29, 1.82) is 0 Å². The van der Waals surface area contributed by atoms with Crippen LogP contribution in [0.25, 0.3) is 0 Å². The van der Waals surface area contributed by atoms with Crippen LogP contribution in [-0.2, 0) is 16.0 Å². The molecule has 0 saturated carbocycles. The first kappa shape index (κ1) is 15.5. The van der Waals surface area contributed by atoms with Crippen LogP contribution in [0.2, 0.25) is 0 Å². The second-order valence-electron chi connectivity index (χ2n) is 6.06. The topological polar surface area (TPSA) is 49.4 Å². The van der Waals surface area contributed by atoms with Gasteiger partial charge in [0.05, 0.1) is 5.92 Å². The van der Waals surface area contributed by atoms with Crippen LogP contribution in [0.15, 0.2) is 24.3 Å². The molecule has 0 bridgehead atoms. The van der Waals surface area contributed by atoms with Crippen LogP contribution in [-0.4, -0.2) is 24.9 Å². The van der Waals surface area contributed by atoms with Gasteiger partial charge in [-0.1, -0.05) is 32.9 Å². The summed E-state index contributed by atoms with van der Waals surface area (Å²) in [5.41, 5.74) is 2.13. The first-order valence-electron chi connectivity index (χ1n) is 7.68. The number of anilines is 1. The van der Waals surface area contributed by atoms with E-state index in [1.807, 2.05) is 24.3 Å². The number of rotatable bonds is 5. The minimum absolute atomic E-state index is 0.00951. The molecule has 114 valence electrons. The molecule has 1 aromatic rings. The molecular weight excluding hydrogens is 264 g/mol. The number of nitrogens with one attached hydrogen (secondary N) is 1. The Kier molecular flexibility index (Phi) is 4.99. The van der Waals surface area contributed by atoms with Crippen molar-refractivity contribution in [1.82, 2.24) is 5.32 Å². The van der Waals surface area contributed by atoms with Crippen molar-refractivity contribution in [3.8, 4) is 0 Å². The molecule has 1 saturated heterocycles. The summed E-state index contributed by atoms with van der Waals surface area (Å²) in [4.78, 5) is 25.9. The van der Waals surface area contributed by atoms with Crippen LogP contribution in [0.1, 0.15) is 32.8 Å². The first-order valence-corrected chi connectivity index (χ1v) is 7.68. The number of hydrogen-bond acceptors (Lipinski definition) is 2. The van der Waals surface area contributed by atoms with E-state index >= 15 is 0 Å². The first-order chi connectivity index (χ1) is 10.0. The summed E-state index contributed by atoms with van der Waals surface area (Å²) in [6.07, 6.45) is 1.29. The van der Waals surface area contributed by atoms with Crippen LogP contribution >= 0.6 is 0 Å². The van der Waals surface area contributed by atoms with Crippen molar-refractivity contribution in [2.24, 2.45) is 11.8 Å². The number of amides is 2. The molecule has 0 spiro atoms. The number of nitrogens with zero attached hydrogens (tertiary/aromatic N) is 1. The van der Waals surface area contributed by atoms with Crippen molar-refractivity contribution in [3.05, 3.63) is 29.8 Å². The third kappa shape index (κ3) is 3.84. The van der Waals surface area contributed by atoms with Gasteiger partial charge >= 0.3 is 0 Å². The Morgan fingerprint density at radius 3 is 2.57 bits per heavy atom. The van der Waals surface area contributed by atoms with E-state index in [0.29, 0.717) is 25.4 Å². The quantitative estimate of drug-likeness (QED) is 0.904. The number of carbonyl (C=O) groups excluding carboxylic acids is 2. The van der Waals surface area contributed by atoms with E-state index < -0.39 is 0 Å². The molecule has 1 aliphatic rings. The second kappa shape index (κ2) is 6.74. The molecule has 1 aliphatic heterocycles. The molecule has 0 aromatic heterocycles. The maximum atomic E-state index is 12.1. The molecular formula is C17H24N2O2. The Balaban J connectivity index is 2.00. The van der Waals surface area contributed by atoms with Crippen LogP contribution in [0.3, 0.4) is 0 Å². The summed E-state index contributed by atoms with van der Waals surface area (Å²) in [6, 6.07) is 8.00. The molecule has 1 fully saturated rings. The lowest BCUT2D eigenvalue weighted by molar-refractivity contribution is -0.126. The van der Waals surface area contributed by atoms with E-state index in [1.54, 1.807) is 4.90 Å². The maximum Gasteiger partial charge on any atom is 0.227 e. The smallest absolute Gasteiger partial charge is 0.227 e. The third-order valence-electron chi connectivity index (χ3n) is 3.84. The Hall–Kier alpha value is -1.84. The van der Waals surface area contributed by atoms with Gasteiger partial charge in [0.15, 0.2) is 0 Å². The molecule has 21 heavy (non-hydrogen) atoms. The van der Waals surface area contributed by atoms with Gasteiger partial charge in [-0.3, -0.25) is 9.59 Å². The van der Waals surface area contributed by atoms with Crippen LogP contribution in [0.4, 0.5) is 5.69 Å². The van der Waals surface area contributed by atoms with E-state index in [-0.39, 0.29) is 17.7 Å². The Morgan fingerprint density at radius 2 is 2.00 bits per heavy atom. The summed E-state index contributed by atoms with van der Waals surface area (Å²) in [6.45, 7) is 7.36. The maximum absolute atomic E-state index is 12.1. The summed E-state index contributed by atoms with van der Waals surface area (Å²) in [7, 11) is 0. The minimum atomic E-state index is -0.234. The highest BCUT2D eigenvalue weighted by Crippen LogP contribution is 2.25. The molecule has 1 N–H and O–H groups in total. The molecule has 2 amide bonds. The summed E-state index contributed by atoms with van der Waals surface area (Å²) < 4.78 is 0. The largest absolute Gasteiger partial charge is 0.356 e. The predicted molar refractivity (Wildman–Crippen MR) is 84.1 cm³/mol. The molecule has 2 rings (SSSR count). The number of carbonyl (C=O) groups is 2. The fourth-order valence-electron chi connectivity index (χ4n) is 2.49. The monoisotopic (exact) mass is 288 g/mol. The van der Waals surface area contributed by atoms with Crippen LogP contribution in [0.5, 0.6) is 0 Å². The van der Waals surface area contributed by atoms with Crippen molar-refractivity contribution in [2.75, 3.05) is 18.0 Å². The van der Waals surface area contributed by atoms with Gasteiger partial charge < -0.3 is 10.2 Å². The highest BCUT2D eigenvalue weighted by molar-refractivity contribution is 6.00. The fraction of sp³-hybridized carbons (Fsp3) is 0.529. The molecule has 1 heterocycles. The van der Waals surface area contributed by atoms with Crippen LogP contribution < -0.4 is 10.2 Å². The molecule has 0 radical (unpaired) electrons. The minimum Gasteiger partial charge on any atom is -0.356 e. The molecule has 4 nitrogen and oxygen atoms in total. The van der Waals surface area contributed by atoms with Gasteiger partial charge in [-0.15, -0.1) is 0 Å². The van der Waals surface area contributed by atoms with Crippen molar-refractivity contribution in [2.45, 2.75) is 33.6 Å². The Morgan fingerprint density at radius 1 is 1.33 bits per heavy atom. The molecule has 0 unspecified atom stereocenters. The van der Waals surface area contributed by atoms with E-state index in [9.17, 15) is 9.59 Å². The Bertz CT molecular complexity index is 508. The molecule has 4 heteroatoms.